The second-order valence-corrected chi connectivity index (χ2v) is 6.90. The molecule has 0 heterocycles. The van der Waals surface area contributed by atoms with Crippen molar-refractivity contribution in [2.24, 2.45) is 0 Å². The highest BCUT2D eigenvalue weighted by Gasteiger charge is 2.25. The van der Waals surface area contributed by atoms with Gasteiger partial charge in [0.2, 0.25) is 10.0 Å². The molecule has 0 saturated carbocycles. The number of benzene rings is 1. The highest BCUT2D eigenvalue weighted by Crippen LogP contribution is 2.07. The van der Waals surface area contributed by atoms with E-state index in [0.717, 1.165) is 5.56 Å². The van der Waals surface area contributed by atoms with Crippen molar-refractivity contribution >= 4 is 16.0 Å². The fourth-order valence-electron chi connectivity index (χ4n) is 1.52. The Bertz CT molecular complexity index is 511. The molecule has 19 heavy (non-hydrogen) atoms. The van der Waals surface area contributed by atoms with Crippen LogP contribution in [0.4, 0.5) is 0 Å². The van der Waals surface area contributed by atoms with Gasteiger partial charge < -0.3 is 5.11 Å². The Morgan fingerprint density at radius 2 is 1.84 bits per heavy atom. The van der Waals surface area contributed by atoms with E-state index < -0.39 is 27.3 Å². The summed E-state index contributed by atoms with van der Waals surface area (Å²) in [6.07, 6.45) is 0.740. The zero-order chi connectivity index (χ0) is 14.5. The minimum Gasteiger partial charge on any atom is -0.480 e. The molecule has 0 spiro atoms. The van der Waals surface area contributed by atoms with Gasteiger partial charge in [-0.1, -0.05) is 30.3 Å². The smallest absolute Gasteiger partial charge is 0.321 e. The highest BCUT2D eigenvalue weighted by atomic mass is 32.2. The molecule has 0 radical (unpaired) electrons. The molecule has 1 unspecified atom stereocenters. The van der Waals surface area contributed by atoms with E-state index in [9.17, 15) is 13.2 Å². The second kappa shape index (κ2) is 6.68. The number of aryl methyl sites for hydroxylation is 1. The Morgan fingerprint density at radius 3 is 2.32 bits per heavy atom. The molecule has 1 aromatic carbocycles. The number of nitrogens with one attached hydrogen (secondary N) is 1. The average Bonchev–Trinajstić information content (AvgIpc) is 2.35. The van der Waals surface area contributed by atoms with Crippen LogP contribution in [0.15, 0.2) is 30.3 Å². The Kier molecular flexibility index (Phi) is 5.50. The molecule has 0 amide bonds. The van der Waals surface area contributed by atoms with Crippen molar-refractivity contribution in [1.29, 1.82) is 0 Å². The van der Waals surface area contributed by atoms with Gasteiger partial charge in [-0.2, -0.15) is 0 Å². The lowest BCUT2D eigenvalue weighted by Crippen LogP contribution is -2.43. The summed E-state index contributed by atoms with van der Waals surface area (Å²) in [6.45, 7) is 3.02. The van der Waals surface area contributed by atoms with Crippen molar-refractivity contribution in [2.75, 3.05) is 0 Å². The van der Waals surface area contributed by atoms with Crippen LogP contribution in [-0.2, 0) is 21.2 Å². The predicted molar refractivity (Wildman–Crippen MR) is 73.4 cm³/mol. The largest absolute Gasteiger partial charge is 0.480 e. The normalized spacial score (nSPS) is 13.4. The SMILES string of the molecule is CC(C)S(=O)(=O)NC(CCc1ccccc1)C(=O)O. The van der Waals surface area contributed by atoms with Crippen LogP contribution in [0.3, 0.4) is 0 Å². The number of carboxylic acid groups (broad SMARTS) is 1. The van der Waals surface area contributed by atoms with Gasteiger partial charge in [0, 0.05) is 0 Å². The molecule has 0 bridgehead atoms. The van der Waals surface area contributed by atoms with Crippen molar-refractivity contribution < 1.29 is 18.3 Å². The molecule has 6 heteroatoms. The van der Waals surface area contributed by atoms with Crippen LogP contribution in [0.1, 0.15) is 25.8 Å². The molecule has 0 aliphatic carbocycles. The Labute approximate surface area is 113 Å². The van der Waals surface area contributed by atoms with Crippen LogP contribution in [0.25, 0.3) is 0 Å². The van der Waals surface area contributed by atoms with E-state index in [4.69, 9.17) is 5.11 Å². The van der Waals surface area contributed by atoms with Gasteiger partial charge >= 0.3 is 5.97 Å². The van der Waals surface area contributed by atoms with E-state index in [-0.39, 0.29) is 6.42 Å². The molecule has 5 nitrogen and oxygen atoms in total. The number of hydrogen-bond acceptors (Lipinski definition) is 3. The van der Waals surface area contributed by atoms with Crippen LogP contribution in [0.5, 0.6) is 0 Å². The predicted octanol–water partition coefficient (Wildman–Crippen LogP) is 1.40. The Balaban J connectivity index is 2.67. The maximum absolute atomic E-state index is 11.7. The van der Waals surface area contributed by atoms with Crippen LogP contribution in [-0.4, -0.2) is 30.8 Å². The fourth-order valence-corrected chi connectivity index (χ4v) is 2.41. The molecule has 0 saturated heterocycles. The average molecular weight is 285 g/mol. The number of sulfonamides is 1. The summed E-state index contributed by atoms with van der Waals surface area (Å²) < 4.78 is 25.6. The zero-order valence-corrected chi connectivity index (χ0v) is 11.9. The van der Waals surface area contributed by atoms with Gasteiger partial charge in [0.1, 0.15) is 6.04 Å². The lowest BCUT2D eigenvalue weighted by atomic mass is 10.1. The fraction of sp³-hybridized carbons (Fsp3) is 0.462. The van der Waals surface area contributed by atoms with E-state index in [1.165, 1.54) is 13.8 Å². The number of hydrogen-bond donors (Lipinski definition) is 2. The summed E-state index contributed by atoms with van der Waals surface area (Å²) in [5, 5.41) is 8.42. The van der Waals surface area contributed by atoms with Gasteiger partial charge in [0.15, 0.2) is 0 Å². The van der Waals surface area contributed by atoms with Gasteiger partial charge in [-0.15, -0.1) is 0 Å². The third-order valence-electron chi connectivity index (χ3n) is 2.79. The molecule has 1 rings (SSSR count). The third-order valence-corrected chi connectivity index (χ3v) is 4.64. The molecule has 0 fully saturated rings. The van der Waals surface area contributed by atoms with Crippen LogP contribution < -0.4 is 4.72 Å². The number of carboxylic acids is 1. The third kappa shape index (κ3) is 5.00. The molecule has 0 aliphatic rings. The van der Waals surface area contributed by atoms with Gasteiger partial charge in [-0.05, 0) is 32.3 Å². The summed E-state index contributed by atoms with van der Waals surface area (Å²) >= 11 is 0. The quantitative estimate of drug-likeness (QED) is 0.793. The summed E-state index contributed by atoms with van der Waals surface area (Å²) in [6, 6.07) is 8.28. The first-order valence-corrected chi connectivity index (χ1v) is 7.65. The minimum atomic E-state index is -3.58. The first-order chi connectivity index (χ1) is 8.83. The maximum atomic E-state index is 11.7. The Morgan fingerprint density at radius 1 is 1.26 bits per heavy atom. The first-order valence-electron chi connectivity index (χ1n) is 6.11. The van der Waals surface area contributed by atoms with Crippen LogP contribution in [0.2, 0.25) is 0 Å². The molecular weight excluding hydrogens is 266 g/mol. The standard InChI is InChI=1S/C13H19NO4S/c1-10(2)19(17,18)14-12(13(15)16)9-8-11-6-4-3-5-7-11/h3-7,10,12,14H,8-9H2,1-2H3,(H,15,16). The Hall–Kier alpha value is -1.40. The molecule has 106 valence electrons. The van der Waals surface area contributed by atoms with Crippen molar-refractivity contribution in [2.45, 2.75) is 38.0 Å². The van der Waals surface area contributed by atoms with Crippen LogP contribution >= 0.6 is 0 Å². The topological polar surface area (TPSA) is 83.5 Å². The van der Waals surface area contributed by atoms with E-state index in [1.54, 1.807) is 0 Å². The lowest BCUT2D eigenvalue weighted by molar-refractivity contribution is -0.139. The van der Waals surface area contributed by atoms with Crippen molar-refractivity contribution in [3.8, 4) is 0 Å². The van der Waals surface area contributed by atoms with Gasteiger partial charge in [-0.3, -0.25) is 4.79 Å². The van der Waals surface area contributed by atoms with E-state index >= 15 is 0 Å². The number of rotatable bonds is 7. The second-order valence-electron chi connectivity index (χ2n) is 4.63. The zero-order valence-electron chi connectivity index (χ0n) is 11.0. The highest BCUT2D eigenvalue weighted by molar-refractivity contribution is 7.90. The monoisotopic (exact) mass is 285 g/mol. The summed E-state index contributed by atoms with van der Waals surface area (Å²) in [5.41, 5.74) is 0.984. The maximum Gasteiger partial charge on any atom is 0.321 e. The number of carbonyl (C=O) groups is 1. The van der Waals surface area contributed by atoms with E-state index in [1.807, 2.05) is 30.3 Å². The van der Waals surface area contributed by atoms with Gasteiger partial charge in [0.05, 0.1) is 5.25 Å². The molecule has 1 aromatic rings. The van der Waals surface area contributed by atoms with Crippen molar-refractivity contribution in [3.63, 3.8) is 0 Å². The van der Waals surface area contributed by atoms with E-state index in [2.05, 4.69) is 4.72 Å². The van der Waals surface area contributed by atoms with E-state index in [0.29, 0.717) is 6.42 Å². The number of aliphatic carboxylic acids is 1. The van der Waals surface area contributed by atoms with Crippen molar-refractivity contribution in [1.82, 2.24) is 4.72 Å². The van der Waals surface area contributed by atoms with Crippen LogP contribution in [0, 0.1) is 0 Å². The molecular formula is C13H19NO4S. The minimum absolute atomic E-state index is 0.227. The molecule has 0 aliphatic heterocycles. The first kappa shape index (κ1) is 15.7. The van der Waals surface area contributed by atoms with Gasteiger partial charge in [0.25, 0.3) is 0 Å². The summed E-state index contributed by atoms with van der Waals surface area (Å²) in [5.74, 6) is -1.15. The van der Waals surface area contributed by atoms with Crippen molar-refractivity contribution in [3.05, 3.63) is 35.9 Å². The summed E-state index contributed by atoms with van der Waals surface area (Å²) in [7, 11) is -3.58. The lowest BCUT2D eigenvalue weighted by Gasteiger charge is -2.16. The molecule has 0 aromatic heterocycles. The molecule has 2 N–H and O–H groups in total. The van der Waals surface area contributed by atoms with Gasteiger partial charge in [-0.25, -0.2) is 13.1 Å². The summed E-state index contributed by atoms with van der Waals surface area (Å²) in [4.78, 5) is 11.1. The molecule has 1 atom stereocenters.